The minimum atomic E-state index is 0.206. The fourth-order valence-electron chi connectivity index (χ4n) is 4.11. The molecule has 4 rings (SSSR count). The molecule has 4 nitrogen and oxygen atoms in total. The van der Waals surface area contributed by atoms with Crippen LogP contribution >= 0.6 is 23.2 Å². The molecule has 144 valence electrons. The van der Waals surface area contributed by atoms with Crippen molar-refractivity contribution in [2.75, 3.05) is 31.1 Å². The fraction of sp³-hybridized carbons (Fsp3) is 0.476. The van der Waals surface area contributed by atoms with Crippen LogP contribution in [0, 0.1) is 0 Å². The third-order valence-electron chi connectivity index (χ3n) is 5.61. The maximum absolute atomic E-state index is 6.63. The zero-order chi connectivity index (χ0) is 19.0. The number of hydrogen-bond donors (Lipinski definition) is 1. The highest BCUT2D eigenvalue weighted by Crippen LogP contribution is 2.43. The van der Waals surface area contributed by atoms with Gasteiger partial charge in [0.25, 0.3) is 0 Å². The number of allylic oxidation sites excluding steroid dienone is 1. The van der Waals surface area contributed by atoms with Crippen LogP contribution in [0.1, 0.15) is 38.2 Å². The van der Waals surface area contributed by atoms with E-state index in [4.69, 9.17) is 28.2 Å². The zero-order valence-electron chi connectivity index (χ0n) is 15.9. The van der Waals surface area contributed by atoms with E-state index in [1.54, 1.807) is 0 Å². The van der Waals surface area contributed by atoms with Gasteiger partial charge in [-0.15, -0.1) is 0 Å². The van der Waals surface area contributed by atoms with E-state index in [1.165, 1.54) is 11.4 Å². The summed E-state index contributed by atoms with van der Waals surface area (Å²) >= 11 is 13.0. The summed E-state index contributed by atoms with van der Waals surface area (Å²) in [6.45, 7) is 8.47. The van der Waals surface area contributed by atoms with Crippen molar-refractivity contribution in [3.8, 4) is 0 Å². The quantitative estimate of drug-likeness (QED) is 0.767. The molecule has 1 N–H and O–H groups in total. The highest BCUT2D eigenvalue weighted by atomic mass is 35.5. The van der Waals surface area contributed by atoms with E-state index in [0.29, 0.717) is 10.9 Å². The third kappa shape index (κ3) is 3.63. The van der Waals surface area contributed by atoms with E-state index >= 15 is 0 Å². The number of piperazine rings is 1. The Balaban J connectivity index is 1.86. The Bertz CT molecular complexity index is 809. The van der Waals surface area contributed by atoms with Gasteiger partial charge in [-0.05, 0) is 42.5 Å². The van der Waals surface area contributed by atoms with Gasteiger partial charge in [-0.3, -0.25) is 9.89 Å². The third-order valence-corrected chi connectivity index (χ3v) is 6.14. The van der Waals surface area contributed by atoms with E-state index in [-0.39, 0.29) is 6.04 Å². The average molecular weight is 405 g/mol. The summed E-state index contributed by atoms with van der Waals surface area (Å²) in [7, 11) is 0. The first-order valence-electron chi connectivity index (χ1n) is 9.78. The molecule has 3 aliphatic heterocycles. The fourth-order valence-corrected chi connectivity index (χ4v) is 4.78. The van der Waals surface area contributed by atoms with Gasteiger partial charge in [0.2, 0.25) is 0 Å². The second kappa shape index (κ2) is 7.86. The maximum Gasteiger partial charge on any atom is 0.0948 e. The molecule has 0 aromatic heterocycles. The lowest BCUT2D eigenvalue weighted by Crippen LogP contribution is -2.45. The number of nitrogens with zero attached hydrogens (tertiary/aromatic N) is 3. The summed E-state index contributed by atoms with van der Waals surface area (Å²) < 4.78 is 0. The first-order chi connectivity index (χ1) is 13.1. The molecule has 6 heteroatoms. The normalized spacial score (nSPS) is 25.2. The van der Waals surface area contributed by atoms with Crippen LogP contribution in [0.25, 0.3) is 0 Å². The number of benzene rings is 1. The SMILES string of the molecule is CCC1C=C2C(N3CCNCC3)=CCC(C)c3c(Cl)cc(Cl)cc3N2C=N1. The van der Waals surface area contributed by atoms with E-state index < -0.39 is 0 Å². The molecule has 3 aliphatic rings. The molecule has 27 heavy (non-hydrogen) atoms. The molecule has 0 radical (unpaired) electrons. The van der Waals surface area contributed by atoms with E-state index in [1.807, 2.05) is 18.5 Å². The van der Waals surface area contributed by atoms with Gasteiger partial charge in [0, 0.05) is 36.2 Å². The molecule has 3 heterocycles. The van der Waals surface area contributed by atoms with Gasteiger partial charge in [-0.25, -0.2) is 0 Å². The van der Waals surface area contributed by atoms with Gasteiger partial charge < -0.3 is 10.2 Å². The summed E-state index contributed by atoms with van der Waals surface area (Å²) in [5.41, 5.74) is 4.69. The average Bonchev–Trinajstić information content (AvgIpc) is 2.67. The minimum absolute atomic E-state index is 0.206. The van der Waals surface area contributed by atoms with Gasteiger partial charge in [0.15, 0.2) is 0 Å². The number of halogens is 2. The number of aliphatic imine (C=N–C) groups is 1. The van der Waals surface area contributed by atoms with E-state index in [2.05, 4.69) is 41.1 Å². The Labute approximate surface area is 171 Å². The van der Waals surface area contributed by atoms with E-state index in [0.717, 1.165) is 55.3 Å². The Morgan fingerprint density at radius 2 is 1.96 bits per heavy atom. The van der Waals surface area contributed by atoms with Crippen LogP contribution in [0.3, 0.4) is 0 Å². The molecule has 0 aliphatic carbocycles. The predicted octanol–water partition coefficient (Wildman–Crippen LogP) is 4.80. The molecular weight excluding hydrogens is 379 g/mol. The van der Waals surface area contributed by atoms with Crippen LogP contribution in [0.5, 0.6) is 0 Å². The smallest absolute Gasteiger partial charge is 0.0948 e. The molecule has 1 aromatic rings. The van der Waals surface area contributed by atoms with Gasteiger partial charge in [-0.2, -0.15) is 0 Å². The van der Waals surface area contributed by atoms with Crippen molar-refractivity contribution < 1.29 is 0 Å². The summed E-state index contributed by atoms with van der Waals surface area (Å²) in [6, 6.07) is 4.07. The lowest BCUT2D eigenvalue weighted by atomic mass is 9.91. The number of hydrogen-bond acceptors (Lipinski definition) is 4. The maximum atomic E-state index is 6.63. The Morgan fingerprint density at radius 3 is 2.70 bits per heavy atom. The first-order valence-corrected chi connectivity index (χ1v) is 10.5. The molecule has 0 spiro atoms. The highest BCUT2D eigenvalue weighted by molar-refractivity contribution is 6.36. The molecular formula is C21H26Cl2N4. The topological polar surface area (TPSA) is 30.9 Å². The van der Waals surface area contributed by atoms with Crippen molar-refractivity contribution in [3.63, 3.8) is 0 Å². The first kappa shape index (κ1) is 18.9. The van der Waals surface area contributed by atoms with Crippen molar-refractivity contribution in [1.82, 2.24) is 10.2 Å². The zero-order valence-corrected chi connectivity index (χ0v) is 17.4. The summed E-state index contributed by atoms with van der Waals surface area (Å²) in [5, 5.41) is 4.84. The van der Waals surface area contributed by atoms with Gasteiger partial charge in [0.05, 0.1) is 29.5 Å². The molecule has 2 atom stereocenters. The largest absolute Gasteiger partial charge is 0.368 e. The van der Waals surface area contributed by atoms with Crippen LogP contribution in [0.4, 0.5) is 5.69 Å². The second-order valence-corrected chi connectivity index (χ2v) is 8.29. The van der Waals surface area contributed by atoms with Crippen molar-refractivity contribution in [2.45, 2.75) is 38.6 Å². The highest BCUT2D eigenvalue weighted by Gasteiger charge is 2.30. The molecule has 2 unspecified atom stereocenters. The number of nitrogens with one attached hydrogen (secondary N) is 1. The van der Waals surface area contributed by atoms with E-state index in [9.17, 15) is 0 Å². The van der Waals surface area contributed by atoms with Crippen molar-refractivity contribution in [3.05, 3.63) is 51.3 Å². The van der Waals surface area contributed by atoms with Crippen molar-refractivity contribution >= 4 is 35.2 Å². The number of rotatable bonds is 2. The number of anilines is 1. The summed E-state index contributed by atoms with van der Waals surface area (Å²) in [6.07, 6.45) is 8.58. The molecule has 0 bridgehead atoms. The molecule has 1 fully saturated rings. The van der Waals surface area contributed by atoms with Gasteiger partial charge in [0.1, 0.15) is 0 Å². The molecule has 0 amide bonds. The van der Waals surface area contributed by atoms with Crippen molar-refractivity contribution in [1.29, 1.82) is 0 Å². The Kier molecular flexibility index (Phi) is 5.49. The lowest BCUT2D eigenvalue weighted by molar-refractivity contribution is 0.301. The minimum Gasteiger partial charge on any atom is -0.368 e. The Morgan fingerprint density at radius 1 is 1.19 bits per heavy atom. The van der Waals surface area contributed by atoms with Gasteiger partial charge in [-0.1, -0.05) is 43.1 Å². The Hall–Kier alpha value is -1.49. The van der Waals surface area contributed by atoms with Crippen LogP contribution in [-0.4, -0.2) is 43.5 Å². The lowest BCUT2D eigenvalue weighted by Gasteiger charge is -2.40. The predicted molar refractivity (Wildman–Crippen MR) is 115 cm³/mol. The van der Waals surface area contributed by atoms with Gasteiger partial charge >= 0.3 is 0 Å². The second-order valence-electron chi connectivity index (χ2n) is 7.45. The van der Waals surface area contributed by atoms with Crippen LogP contribution in [-0.2, 0) is 0 Å². The number of fused-ring (bicyclic) bond motifs is 3. The molecule has 1 saturated heterocycles. The standard InChI is InChI=1S/C21H26Cl2N4/c1-3-16-12-19-18(26-8-6-24-7-9-26)5-4-14(2)21-17(23)10-15(22)11-20(21)27(19)13-25-16/h5,10-14,16,24H,3-4,6-9H2,1-2H3. The van der Waals surface area contributed by atoms with Crippen LogP contribution < -0.4 is 10.2 Å². The van der Waals surface area contributed by atoms with Crippen LogP contribution in [0.15, 0.2) is 40.7 Å². The molecule has 0 saturated carbocycles. The van der Waals surface area contributed by atoms with Crippen molar-refractivity contribution in [2.24, 2.45) is 4.99 Å². The monoisotopic (exact) mass is 404 g/mol. The summed E-state index contributed by atoms with van der Waals surface area (Å²) in [5.74, 6) is 0.307. The molecule has 1 aromatic carbocycles. The van der Waals surface area contributed by atoms with Crippen LogP contribution in [0.2, 0.25) is 10.0 Å². The summed E-state index contributed by atoms with van der Waals surface area (Å²) in [4.78, 5) is 9.42.